The van der Waals surface area contributed by atoms with Gasteiger partial charge >= 0.3 is 0 Å². The summed E-state index contributed by atoms with van der Waals surface area (Å²) in [6.45, 7) is 0. The van der Waals surface area contributed by atoms with Gasteiger partial charge in [0, 0.05) is 9.85 Å². The minimum Gasteiger partial charge on any atom is -0.0887 e. The summed E-state index contributed by atoms with van der Waals surface area (Å²) in [5, 5.41) is 0.815. The summed E-state index contributed by atoms with van der Waals surface area (Å²) in [5.74, 6) is 0. The SMILES string of the molecule is Clc1cccc(CC(Br)CCc2ccccc2)c1. The van der Waals surface area contributed by atoms with Gasteiger partial charge in [-0.3, -0.25) is 0 Å². The van der Waals surface area contributed by atoms with Crippen molar-refractivity contribution < 1.29 is 0 Å². The molecule has 0 bridgehead atoms. The van der Waals surface area contributed by atoms with Gasteiger partial charge in [-0.2, -0.15) is 0 Å². The third-order valence-electron chi connectivity index (χ3n) is 2.94. The van der Waals surface area contributed by atoms with Gasteiger partial charge in [-0.15, -0.1) is 0 Å². The van der Waals surface area contributed by atoms with Crippen molar-refractivity contribution in [2.24, 2.45) is 0 Å². The molecule has 0 heterocycles. The smallest absolute Gasteiger partial charge is 0.0408 e. The predicted octanol–water partition coefficient (Wildman–Crippen LogP) is 5.28. The molecule has 0 spiro atoms. The molecule has 1 atom stereocenters. The molecule has 0 fully saturated rings. The minimum absolute atomic E-state index is 0.496. The fourth-order valence-electron chi connectivity index (χ4n) is 1.99. The summed E-state index contributed by atoms with van der Waals surface area (Å²) < 4.78 is 0. The Morgan fingerprint density at radius 1 is 0.944 bits per heavy atom. The lowest BCUT2D eigenvalue weighted by molar-refractivity contribution is 0.763. The fourth-order valence-corrected chi connectivity index (χ4v) is 2.81. The number of hydrogen-bond donors (Lipinski definition) is 0. The summed E-state index contributed by atoms with van der Waals surface area (Å²) in [6, 6.07) is 18.7. The van der Waals surface area contributed by atoms with Crippen molar-refractivity contribution in [3.63, 3.8) is 0 Å². The number of halogens is 2. The van der Waals surface area contributed by atoms with Crippen LogP contribution >= 0.6 is 27.5 Å². The standard InChI is InChI=1S/C16H16BrCl/c17-15(10-9-13-5-2-1-3-6-13)11-14-7-4-8-16(18)12-14/h1-8,12,15H,9-11H2. The molecule has 0 saturated carbocycles. The van der Waals surface area contributed by atoms with Crippen LogP contribution in [0.5, 0.6) is 0 Å². The molecule has 0 aliphatic rings. The van der Waals surface area contributed by atoms with E-state index in [4.69, 9.17) is 11.6 Å². The van der Waals surface area contributed by atoms with Crippen LogP contribution in [0.25, 0.3) is 0 Å². The van der Waals surface area contributed by atoms with Crippen LogP contribution in [0.15, 0.2) is 54.6 Å². The third-order valence-corrected chi connectivity index (χ3v) is 3.95. The molecular weight excluding hydrogens is 308 g/mol. The van der Waals surface area contributed by atoms with Gasteiger partial charge in [0.2, 0.25) is 0 Å². The van der Waals surface area contributed by atoms with Gasteiger partial charge in [-0.05, 0) is 42.5 Å². The van der Waals surface area contributed by atoms with Crippen LogP contribution in [0.3, 0.4) is 0 Å². The van der Waals surface area contributed by atoms with E-state index in [0.717, 1.165) is 24.3 Å². The van der Waals surface area contributed by atoms with Gasteiger partial charge < -0.3 is 0 Å². The second-order valence-electron chi connectivity index (χ2n) is 4.46. The summed E-state index contributed by atoms with van der Waals surface area (Å²) >= 11 is 9.74. The number of aryl methyl sites for hydroxylation is 1. The van der Waals surface area contributed by atoms with E-state index >= 15 is 0 Å². The first-order chi connectivity index (χ1) is 8.74. The van der Waals surface area contributed by atoms with Crippen LogP contribution in [-0.2, 0) is 12.8 Å². The Hall–Kier alpha value is -0.790. The van der Waals surface area contributed by atoms with E-state index in [0.29, 0.717) is 4.83 Å². The van der Waals surface area contributed by atoms with Crippen molar-refractivity contribution >= 4 is 27.5 Å². The second kappa shape index (κ2) is 6.96. The van der Waals surface area contributed by atoms with Gasteiger partial charge in [-0.25, -0.2) is 0 Å². The maximum absolute atomic E-state index is 5.99. The molecular formula is C16H16BrCl. The van der Waals surface area contributed by atoms with Crippen LogP contribution in [0.2, 0.25) is 5.02 Å². The first-order valence-electron chi connectivity index (χ1n) is 6.16. The maximum atomic E-state index is 5.99. The van der Waals surface area contributed by atoms with Crippen LogP contribution in [0.4, 0.5) is 0 Å². The lowest BCUT2D eigenvalue weighted by atomic mass is 10.0. The predicted molar refractivity (Wildman–Crippen MR) is 82.6 cm³/mol. The highest BCUT2D eigenvalue weighted by atomic mass is 79.9. The van der Waals surface area contributed by atoms with Crippen LogP contribution in [-0.4, -0.2) is 4.83 Å². The molecule has 18 heavy (non-hydrogen) atoms. The summed E-state index contributed by atoms with van der Waals surface area (Å²) in [5.41, 5.74) is 2.69. The normalized spacial score (nSPS) is 12.3. The molecule has 0 nitrogen and oxygen atoms in total. The van der Waals surface area contributed by atoms with Crippen LogP contribution in [0, 0.1) is 0 Å². The average molecular weight is 324 g/mol. The molecule has 0 radical (unpaired) electrons. The van der Waals surface area contributed by atoms with Crippen molar-refractivity contribution in [1.82, 2.24) is 0 Å². The Kier molecular flexibility index (Phi) is 5.27. The van der Waals surface area contributed by atoms with Crippen molar-refractivity contribution in [1.29, 1.82) is 0 Å². The lowest BCUT2D eigenvalue weighted by Gasteiger charge is -2.10. The first-order valence-corrected chi connectivity index (χ1v) is 7.46. The molecule has 0 amide bonds. The zero-order valence-electron chi connectivity index (χ0n) is 10.2. The summed E-state index contributed by atoms with van der Waals surface area (Å²) in [6.07, 6.45) is 3.27. The molecule has 0 saturated heterocycles. The first kappa shape index (κ1) is 13.6. The van der Waals surface area contributed by atoms with Crippen LogP contribution in [0.1, 0.15) is 17.5 Å². The third kappa shape index (κ3) is 4.47. The Balaban J connectivity index is 1.84. The largest absolute Gasteiger partial charge is 0.0887 e. The zero-order chi connectivity index (χ0) is 12.8. The number of rotatable bonds is 5. The highest BCUT2D eigenvalue weighted by molar-refractivity contribution is 9.09. The molecule has 0 aliphatic carbocycles. The van der Waals surface area contributed by atoms with E-state index in [1.54, 1.807) is 0 Å². The molecule has 2 rings (SSSR count). The van der Waals surface area contributed by atoms with E-state index in [1.807, 2.05) is 18.2 Å². The van der Waals surface area contributed by atoms with Gasteiger partial charge in [0.05, 0.1) is 0 Å². The number of alkyl halides is 1. The van der Waals surface area contributed by atoms with E-state index in [-0.39, 0.29) is 0 Å². The molecule has 2 aromatic carbocycles. The monoisotopic (exact) mass is 322 g/mol. The summed E-state index contributed by atoms with van der Waals surface area (Å²) in [4.78, 5) is 0.496. The van der Waals surface area contributed by atoms with Gasteiger partial charge in [0.25, 0.3) is 0 Å². The summed E-state index contributed by atoms with van der Waals surface area (Å²) in [7, 11) is 0. The topological polar surface area (TPSA) is 0 Å². The molecule has 0 N–H and O–H groups in total. The molecule has 94 valence electrons. The van der Waals surface area contributed by atoms with Crippen molar-refractivity contribution in [3.05, 3.63) is 70.7 Å². The Labute approximate surface area is 122 Å². The molecule has 2 aromatic rings. The molecule has 0 aromatic heterocycles. The Morgan fingerprint density at radius 3 is 2.39 bits per heavy atom. The number of benzene rings is 2. The van der Waals surface area contributed by atoms with Crippen molar-refractivity contribution in [3.8, 4) is 0 Å². The van der Waals surface area contributed by atoms with Crippen molar-refractivity contribution in [2.75, 3.05) is 0 Å². The van der Waals surface area contributed by atoms with E-state index in [2.05, 4.69) is 52.3 Å². The highest BCUT2D eigenvalue weighted by Crippen LogP contribution is 2.18. The molecule has 2 heteroatoms. The zero-order valence-corrected chi connectivity index (χ0v) is 12.5. The van der Waals surface area contributed by atoms with E-state index < -0.39 is 0 Å². The van der Waals surface area contributed by atoms with E-state index in [1.165, 1.54) is 11.1 Å². The van der Waals surface area contributed by atoms with Gasteiger partial charge in [0.1, 0.15) is 0 Å². The molecule has 0 aliphatic heterocycles. The van der Waals surface area contributed by atoms with Gasteiger partial charge in [0.15, 0.2) is 0 Å². The maximum Gasteiger partial charge on any atom is 0.0408 e. The fraction of sp³-hybridized carbons (Fsp3) is 0.250. The number of hydrogen-bond acceptors (Lipinski definition) is 0. The Morgan fingerprint density at radius 2 is 1.67 bits per heavy atom. The Bertz CT molecular complexity index is 481. The second-order valence-corrected chi connectivity index (χ2v) is 6.19. The molecule has 1 unspecified atom stereocenters. The van der Waals surface area contributed by atoms with E-state index in [9.17, 15) is 0 Å². The lowest BCUT2D eigenvalue weighted by Crippen LogP contribution is -2.04. The average Bonchev–Trinajstić information content (AvgIpc) is 2.38. The van der Waals surface area contributed by atoms with Crippen LogP contribution < -0.4 is 0 Å². The van der Waals surface area contributed by atoms with Gasteiger partial charge in [-0.1, -0.05) is 70.0 Å². The quantitative estimate of drug-likeness (QED) is 0.657. The van der Waals surface area contributed by atoms with Crippen molar-refractivity contribution in [2.45, 2.75) is 24.1 Å². The highest BCUT2D eigenvalue weighted by Gasteiger charge is 2.06. The minimum atomic E-state index is 0.496.